The molecule has 5 heteroatoms. The maximum Gasteiger partial charge on any atom is 0.241 e. The van der Waals surface area contributed by atoms with Gasteiger partial charge in [0.1, 0.15) is 17.1 Å². The van der Waals surface area contributed by atoms with Crippen LogP contribution in [0.25, 0.3) is 0 Å². The summed E-state index contributed by atoms with van der Waals surface area (Å²) < 4.78 is 23.7. The molecule has 0 spiro atoms. The largest absolute Gasteiger partial charge is 0.548 e. The lowest BCUT2D eigenvalue weighted by Crippen LogP contribution is -2.33. The maximum atomic E-state index is 6.85. The maximum absolute atomic E-state index is 6.85. The second-order valence-corrected chi connectivity index (χ2v) is 13.6. The molecule has 3 aromatic carbocycles. The molecule has 0 aliphatic heterocycles. The average molecular weight is 477 g/mol. The fourth-order valence-electron chi connectivity index (χ4n) is 4.05. The monoisotopic (exact) mass is 476 g/mol. The predicted molar refractivity (Wildman–Crippen MR) is 141 cm³/mol. The summed E-state index contributed by atoms with van der Waals surface area (Å²) in [7, 11) is 1.69. The fraction of sp³-hybridized carbons (Fsp3) is 0.310. The highest BCUT2D eigenvalue weighted by Gasteiger charge is 2.37. The quantitative estimate of drug-likeness (QED) is 0.120. The number of ether oxygens (including phenoxy) is 3. The van der Waals surface area contributed by atoms with Crippen LogP contribution in [-0.2, 0) is 14.8 Å². The second kappa shape index (κ2) is 11.4. The molecule has 0 unspecified atom stereocenters. The summed E-state index contributed by atoms with van der Waals surface area (Å²) in [5, 5.41) is 0. The lowest BCUT2D eigenvalue weighted by atomic mass is 9.80. The van der Waals surface area contributed by atoms with Gasteiger partial charge in [0, 0.05) is 13.0 Å². The molecule has 4 nitrogen and oxygen atoms in total. The molecule has 3 rings (SSSR count). The number of allylic oxidation sites excluding steroid dienone is 1. The molecule has 34 heavy (non-hydrogen) atoms. The Morgan fingerprint density at radius 2 is 1.21 bits per heavy atom. The SMILES string of the molecule is C=C(CCCOC(c1ccccc1)(c1ccc(OC)cc1)c1ccc(OC)cc1)O[Si](C)(C)C. The van der Waals surface area contributed by atoms with E-state index in [1.807, 2.05) is 42.5 Å². The molecule has 0 amide bonds. The van der Waals surface area contributed by atoms with Gasteiger partial charge in [-0.15, -0.1) is 0 Å². The molecule has 0 saturated carbocycles. The Bertz CT molecular complexity index is 991. The third-order valence-corrected chi connectivity index (χ3v) is 6.44. The van der Waals surface area contributed by atoms with Crippen LogP contribution in [0, 0.1) is 0 Å². The Kier molecular flexibility index (Phi) is 8.59. The van der Waals surface area contributed by atoms with Crippen molar-refractivity contribution in [3.63, 3.8) is 0 Å². The molecular weight excluding hydrogens is 440 g/mol. The predicted octanol–water partition coefficient (Wildman–Crippen LogP) is 7.16. The first-order valence-electron chi connectivity index (χ1n) is 11.6. The van der Waals surface area contributed by atoms with Crippen molar-refractivity contribution in [2.75, 3.05) is 20.8 Å². The summed E-state index contributed by atoms with van der Waals surface area (Å²) in [5.41, 5.74) is 2.33. The molecular formula is C29H36O4Si. The smallest absolute Gasteiger partial charge is 0.241 e. The van der Waals surface area contributed by atoms with Crippen LogP contribution in [0.1, 0.15) is 29.5 Å². The van der Waals surface area contributed by atoms with E-state index < -0.39 is 13.9 Å². The fourth-order valence-corrected chi connectivity index (χ4v) is 5.02. The Balaban J connectivity index is 1.99. The van der Waals surface area contributed by atoms with Crippen molar-refractivity contribution < 1.29 is 18.6 Å². The molecule has 0 bridgehead atoms. The first-order chi connectivity index (χ1) is 16.3. The number of hydrogen-bond acceptors (Lipinski definition) is 4. The van der Waals surface area contributed by atoms with Crippen LogP contribution in [0.5, 0.6) is 11.5 Å². The van der Waals surface area contributed by atoms with Gasteiger partial charge in [0.2, 0.25) is 8.32 Å². The van der Waals surface area contributed by atoms with E-state index >= 15 is 0 Å². The molecule has 0 fully saturated rings. The topological polar surface area (TPSA) is 36.9 Å². The third-order valence-electron chi connectivity index (χ3n) is 5.54. The van der Waals surface area contributed by atoms with Gasteiger partial charge in [-0.1, -0.05) is 61.2 Å². The van der Waals surface area contributed by atoms with Crippen LogP contribution in [0.2, 0.25) is 19.6 Å². The van der Waals surface area contributed by atoms with E-state index in [0.29, 0.717) is 6.61 Å². The van der Waals surface area contributed by atoms with Crippen LogP contribution in [0.4, 0.5) is 0 Å². The van der Waals surface area contributed by atoms with Crippen LogP contribution >= 0.6 is 0 Å². The zero-order valence-electron chi connectivity index (χ0n) is 21.0. The number of rotatable bonds is 12. The van der Waals surface area contributed by atoms with Crippen molar-refractivity contribution in [2.45, 2.75) is 38.1 Å². The van der Waals surface area contributed by atoms with E-state index in [-0.39, 0.29) is 0 Å². The lowest BCUT2D eigenvalue weighted by molar-refractivity contribution is 0.0109. The molecule has 0 aliphatic carbocycles. The van der Waals surface area contributed by atoms with Crippen molar-refractivity contribution in [1.29, 1.82) is 0 Å². The van der Waals surface area contributed by atoms with E-state index in [4.69, 9.17) is 18.6 Å². The van der Waals surface area contributed by atoms with Gasteiger partial charge in [0.05, 0.1) is 20.0 Å². The normalized spacial score (nSPS) is 11.7. The van der Waals surface area contributed by atoms with Gasteiger partial charge in [-0.25, -0.2) is 0 Å². The van der Waals surface area contributed by atoms with Crippen LogP contribution < -0.4 is 9.47 Å². The second-order valence-electron chi connectivity index (χ2n) is 9.21. The standard InChI is InChI=1S/C29H36O4Si/c1-23(33-34(4,5)6)11-10-22-32-29(24-12-8-7-9-13-24,25-14-18-27(30-2)19-15-25)26-16-20-28(31-3)21-17-26/h7-9,12-21H,1,10-11,22H2,2-6H3. The summed E-state index contributed by atoms with van der Waals surface area (Å²) in [6.07, 6.45) is 1.57. The van der Waals surface area contributed by atoms with Crippen LogP contribution in [0.3, 0.4) is 0 Å². The first-order valence-corrected chi connectivity index (χ1v) is 15.0. The van der Waals surface area contributed by atoms with Gasteiger partial charge in [-0.3, -0.25) is 0 Å². The molecule has 180 valence electrons. The van der Waals surface area contributed by atoms with Gasteiger partial charge < -0.3 is 18.6 Å². The summed E-state index contributed by atoms with van der Waals surface area (Å²) in [6, 6.07) is 26.5. The lowest BCUT2D eigenvalue weighted by Gasteiger charge is -2.36. The summed E-state index contributed by atoms with van der Waals surface area (Å²) >= 11 is 0. The number of benzene rings is 3. The molecule has 0 heterocycles. The summed E-state index contributed by atoms with van der Waals surface area (Å²) in [6.45, 7) is 11.2. The van der Waals surface area contributed by atoms with Gasteiger partial charge in [0.25, 0.3) is 0 Å². The van der Waals surface area contributed by atoms with Gasteiger partial charge in [-0.2, -0.15) is 0 Å². The Morgan fingerprint density at radius 1 is 0.735 bits per heavy atom. The van der Waals surface area contributed by atoms with E-state index in [9.17, 15) is 0 Å². The number of hydrogen-bond donors (Lipinski definition) is 0. The number of methoxy groups -OCH3 is 2. The molecule has 0 aromatic heterocycles. The Labute approximate surface area is 205 Å². The van der Waals surface area contributed by atoms with E-state index in [0.717, 1.165) is 46.8 Å². The van der Waals surface area contributed by atoms with Gasteiger partial charge in [-0.05, 0) is 67.0 Å². The Hall–Kier alpha value is -3.02. The summed E-state index contributed by atoms with van der Waals surface area (Å²) in [5.74, 6) is 2.45. The van der Waals surface area contributed by atoms with Crippen molar-refractivity contribution >= 4 is 8.32 Å². The zero-order valence-corrected chi connectivity index (χ0v) is 22.0. The van der Waals surface area contributed by atoms with Crippen molar-refractivity contribution in [2.24, 2.45) is 0 Å². The highest BCUT2D eigenvalue weighted by atomic mass is 28.4. The van der Waals surface area contributed by atoms with Crippen LogP contribution in [-0.4, -0.2) is 29.1 Å². The molecule has 0 aliphatic rings. The van der Waals surface area contributed by atoms with Crippen LogP contribution in [0.15, 0.2) is 91.2 Å². The van der Waals surface area contributed by atoms with Crippen molar-refractivity contribution in [3.8, 4) is 11.5 Å². The van der Waals surface area contributed by atoms with Gasteiger partial charge in [0.15, 0.2) is 0 Å². The van der Waals surface area contributed by atoms with Gasteiger partial charge >= 0.3 is 0 Å². The highest BCUT2D eigenvalue weighted by Crippen LogP contribution is 2.41. The molecule has 0 N–H and O–H groups in total. The van der Waals surface area contributed by atoms with Crippen molar-refractivity contribution in [1.82, 2.24) is 0 Å². The van der Waals surface area contributed by atoms with E-state index in [2.05, 4.69) is 62.6 Å². The van der Waals surface area contributed by atoms with Crippen molar-refractivity contribution in [3.05, 3.63) is 108 Å². The first kappa shape index (κ1) is 25.6. The minimum Gasteiger partial charge on any atom is -0.548 e. The highest BCUT2D eigenvalue weighted by molar-refractivity contribution is 6.70. The average Bonchev–Trinajstić information content (AvgIpc) is 2.84. The Morgan fingerprint density at radius 3 is 1.65 bits per heavy atom. The molecule has 0 radical (unpaired) electrons. The third kappa shape index (κ3) is 6.30. The molecule has 0 saturated heterocycles. The minimum atomic E-state index is -1.66. The minimum absolute atomic E-state index is 0.543. The molecule has 3 aromatic rings. The zero-order chi connectivity index (χ0) is 24.6. The summed E-state index contributed by atoms with van der Waals surface area (Å²) in [4.78, 5) is 0. The van der Waals surface area contributed by atoms with E-state index in [1.54, 1.807) is 14.2 Å². The molecule has 0 atom stereocenters. The van der Waals surface area contributed by atoms with E-state index in [1.165, 1.54) is 0 Å².